The van der Waals surface area contributed by atoms with Crippen molar-refractivity contribution in [1.29, 1.82) is 0 Å². The lowest BCUT2D eigenvalue weighted by Gasteiger charge is -2.28. The second-order valence-corrected chi connectivity index (χ2v) is 4.33. The van der Waals surface area contributed by atoms with Crippen LogP contribution >= 0.6 is 0 Å². The van der Waals surface area contributed by atoms with Gasteiger partial charge in [-0.3, -0.25) is 9.38 Å². The van der Waals surface area contributed by atoms with E-state index in [0.717, 1.165) is 0 Å². The predicted octanol–water partition coefficient (Wildman–Crippen LogP) is 0.918. The summed E-state index contributed by atoms with van der Waals surface area (Å²) in [6, 6.07) is 0. The van der Waals surface area contributed by atoms with Crippen molar-refractivity contribution in [2.75, 3.05) is 13.1 Å². The number of hydrogen-bond acceptors (Lipinski definition) is 4. The van der Waals surface area contributed by atoms with Crippen LogP contribution in [0.4, 0.5) is 13.2 Å². The van der Waals surface area contributed by atoms with Crippen molar-refractivity contribution < 1.29 is 13.2 Å². The number of rotatable bonds is 1. The van der Waals surface area contributed by atoms with Crippen LogP contribution in [-0.4, -0.2) is 38.8 Å². The van der Waals surface area contributed by atoms with Gasteiger partial charge in [0.05, 0.1) is 6.20 Å². The van der Waals surface area contributed by atoms with Gasteiger partial charge in [-0.15, -0.1) is 10.2 Å². The van der Waals surface area contributed by atoms with E-state index >= 15 is 0 Å². The maximum absolute atomic E-state index is 13.4. The van der Waals surface area contributed by atoms with Crippen LogP contribution in [0.3, 0.4) is 0 Å². The summed E-state index contributed by atoms with van der Waals surface area (Å²) in [6.45, 7) is 0.152. The van der Waals surface area contributed by atoms with Crippen molar-refractivity contribution in [2.24, 2.45) is 0 Å². The zero-order valence-electron chi connectivity index (χ0n) is 9.28. The van der Waals surface area contributed by atoms with Crippen molar-refractivity contribution in [1.82, 2.24) is 24.9 Å². The first kappa shape index (κ1) is 11.4. The minimum atomic E-state index is -4.36. The standard InChI is InChI=1S/C10H10F3N5/c11-10(12,13)9(1-2-15-6-9)8-17-16-7-5-14-3-4-18(7)8/h3-5,15H,1-2,6H2. The number of alkyl halides is 3. The van der Waals surface area contributed by atoms with Gasteiger partial charge in [-0.05, 0) is 13.0 Å². The molecule has 1 fully saturated rings. The number of aromatic nitrogens is 4. The normalized spacial score (nSPS) is 24.8. The summed E-state index contributed by atoms with van der Waals surface area (Å²) in [4.78, 5) is 3.82. The minimum Gasteiger partial charge on any atom is -0.315 e. The molecule has 0 spiro atoms. The van der Waals surface area contributed by atoms with Gasteiger partial charge in [-0.2, -0.15) is 13.2 Å². The van der Waals surface area contributed by atoms with E-state index < -0.39 is 11.6 Å². The Kier molecular flexibility index (Phi) is 2.31. The van der Waals surface area contributed by atoms with Crippen LogP contribution < -0.4 is 5.32 Å². The summed E-state index contributed by atoms with van der Waals surface area (Å²) < 4.78 is 41.5. The van der Waals surface area contributed by atoms with E-state index in [1.165, 1.54) is 23.0 Å². The summed E-state index contributed by atoms with van der Waals surface area (Å²) >= 11 is 0. The molecule has 1 N–H and O–H groups in total. The molecule has 0 aliphatic carbocycles. The minimum absolute atomic E-state index is 0.0282. The van der Waals surface area contributed by atoms with Crippen LogP contribution in [0, 0.1) is 0 Å². The first-order chi connectivity index (χ1) is 8.55. The maximum atomic E-state index is 13.4. The molecule has 0 amide bonds. The molecule has 96 valence electrons. The van der Waals surface area contributed by atoms with Crippen LogP contribution in [0.5, 0.6) is 0 Å². The van der Waals surface area contributed by atoms with Crippen LogP contribution in [0.2, 0.25) is 0 Å². The Morgan fingerprint density at radius 2 is 2.17 bits per heavy atom. The quantitative estimate of drug-likeness (QED) is 0.825. The van der Waals surface area contributed by atoms with Gasteiger partial charge >= 0.3 is 6.18 Å². The Labute approximate surface area is 100 Å². The highest BCUT2D eigenvalue weighted by atomic mass is 19.4. The number of halogens is 3. The average Bonchev–Trinajstić information content (AvgIpc) is 2.94. The van der Waals surface area contributed by atoms with E-state index in [2.05, 4.69) is 20.5 Å². The van der Waals surface area contributed by atoms with Crippen molar-refractivity contribution in [3.05, 3.63) is 24.4 Å². The van der Waals surface area contributed by atoms with E-state index in [-0.39, 0.29) is 18.8 Å². The van der Waals surface area contributed by atoms with Gasteiger partial charge in [0.1, 0.15) is 5.41 Å². The molecule has 1 aliphatic heterocycles. The SMILES string of the molecule is FC(F)(F)C1(c2nnc3cnccn23)CCNC1. The first-order valence-electron chi connectivity index (χ1n) is 5.47. The Morgan fingerprint density at radius 1 is 1.33 bits per heavy atom. The topological polar surface area (TPSA) is 55.1 Å². The molecule has 8 heteroatoms. The molecule has 3 heterocycles. The first-order valence-corrected chi connectivity index (χ1v) is 5.47. The Morgan fingerprint density at radius 3 is 2.83 bits per heavy atom. The number of fused-ring (bicyclic) bond motifs is 1. The van der Waals surface area contributed by atoms with Gasteiger partial charge < -0.3 is 5.32 Å². The van der Waals surface area contributed by atoms with Crippen LogP contribution in [-0.2, 0) is 5.41 Å². The van der Waals surface area contributed by atoms with E-state index in [4.69, 9.17) is 0 Å². The smallest absolute Gasteiger partial charge is 0.315 e. The van der Waals surface area contributed by atoms with Gasteiger partial charge in [-0.25, -0.2) is 0 Å². The molecule has 1 saturated heterocycles. The second kappa shape index (κ2) is 3.64. The monoisotopic (exact) mass is 257 g/mol. The Balaban J connectivity index is 2.22. The van der Waals surface area contributed by atoms with Gasteiger partial charge in [-0.1, -0.05) is 0 Å². The van der Waals surface area contributed by atoms with Crippen LogP contribution in [0.15, 0.2) is 18.6 Å². The van der Waals surface area contributed by atoms with Gasteiger partial charge in [0.2, 0.25) is 0 Å². The fourth-order valence-corrected chi connectivity index (χ4v) is 2.33. The van der Waals surface area contributed by atoms with Crippen molar-refractivity contribution in [3.8, 4) is 0 Å². The fraction of sp³-hybridized carbons (Fsp3) is 0.500. The molecule has 3 rings (SSSR count). The molecule has 0 bridgehead atoms. The van der Waals surface area contributed by atoms with Crippen LogP contribution in [0.25, 0.3) is 5.65 Å². The van der Waals surface area contributed by atoms with Gasteiger partial charge in [0, 0.05) is 18.9 Å². The number of nitrogens with one attached hydrogen (secondary N) is 1. The maximum Gasteiger partial charge on any atom is 0.402 e. The lowest BCUT2D eigenvalue weighted by atomic mass is 9.85. The van der Waals surface area contributed by atoms with Crippen LogP contribution in [0.1, 0.15) is 12.2 Å². The predicted molar refractivity (Wildman–Crippen MR) is 56.0 cm³/mol. The molecule has 2 aromatic heterocycles. The number of hydrogen-bond donors (Lipinski definition) is 1. The molecule has 18 heavy (non-hydrogen) atoms. The third-order valence-corrected chi connectivity index (χ3v) is 3.34. The fourth-order valence-electron chi connectivity index (χ4n) is 2.33. The van der Waals surface area contributed by atoms with E-state index in [9.17, 15) is 13.2 Å². The Hall–Kier alpha value is -1.70. The zero-order chi connectivity index (χ0) is 12.8. The molecular weight excluding hydrogens is 247 g/mol. The molecular formula is C10H10F3N5. The Bertz CT molecular complexity index is 570. The highest BCUT2D eigenvalue weighted by Gasteiger charge is 2.60. The highest BCUT2D eigenvalue weighted by molar-refractivity contribution is 5.36. The summed E-state index contributed by atoms with van der Waals surface area (Å²) in [7, 11) is 0. The summed E-state index contributed by atoms with van der Waals surface area (Å²) in [5.74, 6) is -0.0719. The molecule has 1 aliphatic rings. The molecule has 2 aromatic rings. The third kappa shape index (κ3) is 1.41. The van der Waals surface area contributed by atoms with E-state index in [1.54, 1.807) is 0 Å². The lowest BCUT2D eigenvalue weighted by Crippen LogP contribution is -2.45. The largest absolute Gasteiger partial charge is 0.402 e. The molecule has 0 radical (unpaired) electrons. The lowest BCUT2D eigenvalue weighted by molar-refractivity contribution is -0.187. The van der Waals surface area contributed by atoms with Gasteiger partial charge in [0.25, 0.3) is 0 Å². The molecule has 1 atom stereocenters. The summed E-state index contributed by atoms with van der Waals surface area (Å²) in [5.41, 5.74) is -1.64. The molecule has 1 unspecified atom stereocenters. The summed E-state index contributed by atoms with van der Waals surface area (Å²) in [6.07, 6.45) is -0.117. The van der Waals surface area contributed by atoms with Gasteiger partial charge in [0.15, 0.2) is 11.5 Å². The highest BCUT2D eigenvalue weighted by Crippen LogP contribution is 2.44. The second-order valence-electron chi connectivity index (χ2n) is 4.33. The van der Waals surface area contributed by atoms with Crippen molar-refractivity contribution >= 4 is 5.65 Å². The van der Waals surface area contributed by atoms with Crippen molar-refractivity contribution in [2.45, 2.75) is 18.0 Å². The average molecular weight is 257 g/mol. The third-order valence-electron chi connectivity index (χ3n) is 3.34. The van der Waals surface area contributed by atoms with E-state index in [0.29, 0.717) is 12.2 Å². The molecule has 0 aromatic carbocycles. The molecule has 0 saturated carbocycles. The van der Waals surface area contributed by atoms with Crippen molar-refractivity contribution in [3.63, 3.8) is 0 Å². The van der Waals surface area contributed by atoms with E-state index in [1.807, 2.05) is 0 Å². The molecule has 5 nitrogen and oxygen atoms in total. The zero-order valence-corrected chi connectivity index (χ0v) is 9.28. The number of nitrogens with zero attached hydrogens (tertiary/aromatic N) is 4. The summed E-state index contributed by atoms with van der Waals surface area (Å²) in [5, 5.41) is 10.2.